The van der Waals surface area contributed by atoms with E-state index in [1.54, 1.807) is 6.26 Å². The minimum Gasteiger partial charge on any atom is -0.469 e. The molecule has 0 saturated carbocycles. The van der Waals surface area contributed by atoms with Gasteiger partial charge in [0.1, 0.15) is 5.76 Å². The molecule has 0 aliphatic heterocycles. The molecule has 1 heteroatoms. The van der Waals surface area contributed by atoms with E-state index in [9.17, 15) is 0 Å². The second-order valence-corrected chi connectivity index (χ2v) is 9.09. The second-order valence-electron chi connectivity index (χ2n) is 9.09. The van der Waals surface area contributed by atoms with Crippen molar-refractivity contribution in [3.05, 3.63) is 24.2 Å². The zero-order valence-electron chi connectivity index (χ0n) is 17.5. The van der Waals surface area contributed by atoms with E-state index >= 15 is 0 Å². The summed E-state index contributed by atoms with van der Waals surface area (Å²) in [6.07, 6.45) is 24.2. The fourth-order valence-corrected chi connectivity index (χ4v) is 3.53. The Labute approximate surface area is 158 Å². The van der Waals surface area contributed by atoms with Crippen molar-refractivity contribution in [1.82, 2.24) is 0 Å². The average molecular weight is 349 g/mol. The molecule has 0 unspecified atom stereocenters. The van der Waals surface area contributed by atoms with Gasteiger partial charge in [-0.15, -0.1) is 0 Å². The molecule has 1 heterocycles. The lowest BCUT2D eigenvalue weighted by atomic mass is 9.89. The molecule has 0 fully saturated rings. The summed E-state index contributed by atoms with van der Waals surface area (Å²) in [6.45, 7) is 7.07. The van der Waals surface area contributed by atoms with Crippen LogP contribution in [0.15, 0.2) is 22.8 Å². The quantitative estimate of drug-likeness (QED) is 0.272. The summed E-state index contributed by atoms with van der Waals surface area (Å²) in [5, 5.41) is 0. The van der Waals surface area contributed by atoms with Crippen LogP contribution in [0.4, 0.5) is 0 Å². The number of hydrogen-bond donors (Lipinski definition) is 0. The van der Waals surface area contributed by atoms with E-state index in [2.05, 4.69) is 26.8 Å². The van der Waals surface area contributed by atoms with Gasteiger partial charge in [-0.3, -0.25) is 0 Å². The van der Waals surface area contributed by atoms with Gasteiger partial charge in [0.25, 0.3) is 0 Å². The van der Waals surface area contributed by atoms with Crippen LogP contribution in [0, 0.1) is 5.41 Å². The molecule has 0 N–H and O–H groups in total. The van der Waals surface area contributed by atoms with Gasteiger partial charge in [-0.1, -0.05) is 104 Å². The maximum Gasteiger partial charge on any atom is 0.103 e. The van der Waals surface area contributed by atoms with E-state index in [4.69, 9.17) is 4.42 Å². The maximum atomic E-state index is 5.37. The molecule has 1 aromatic rings. The standard InChI is InChI=1S/C24H44O/c1-24(2,3)21-17-15-13-11-9-7-5-4-6-8-10-12-14-16-19-23-20-18-22-25-23/h18,20,22H,4-17,19,21H2,1-3H3. The van der Waals surface area contributed by atoms with Crippen LogP contribution in [0.5, 0.6) is 0 Å². The van der Waals surface area contributed by atoms with Crippen LogP contribution in [-0.4, -0.2) is 0 Å². The molecule has 0 aliphatic rings. The van der Waals surface area contributed by atoms with Crippen LogP contribution in [0.3, 0.4) is 0 Å². The van der Waals surface area contributed by atoms with Crippen molar-refractivity contribution in [2.24, 2.45) is 5.41 Å². The van der Waals surface area contributed by atoms with Gasteiger partial charge in [0, 0.05) is 6.42 Å². The minimum atomic E-state index is 0.527. The third-order valence-electron chi connectivity index (χ3n) is 5.18. The highest BCUT2D eigenvalue weighted by Gasteiger charge is 2.08. The summed E-state index contributed by atoms with van der Waals surface area (Å²) in [4.78, 5) is 0. The first-order chi connectivity index (χ1) is 12.1. The normalized spacial score (nSPS) is 12.0. The highest BCUT2D eigenvalue weighted by Crippen LogP contribution is 2.22. The molecule has 0 spiro atoms. The van der Waals surface area contributed by atoms with Crippen LogP contribution in [0.2, 0.25) is 0 Å². The van der Waals surface area contributed by atoms with E-state index in [0.29, 0.717) is 5.41 Å². The maximum absolute atomic E-state index is 5.37. The highest BCUT2D eigenvalue weighted by molar-refractivity contribution is 4.97. The summed E-state index contributed by atoms with van der Waals surface area (Å²) < 4.78 is 5.37. The molecular formula is C24H44O. The number of unbranched alkanes of at least 4 members (excludes halogenated alkanes) is 13. The summed E-state index contributed by atoms with van der Waals surface area (Å²) in [7, 11) is 0. The van der Waals surface area contributed by atoms with Crippen molar-refractivity contribution < 1.29 is 4.42 Å². The Kier molecular flexibility index (Phi) is 12.9. The summed E-state index contributed by atoms with van der Waals surface area (Å²) >= 11 is 0. The van der Waals surface area contributed by atoms with Gasteiger partial charge in [-0.25, -0.2) is 0 Å². The Morgan fingerprint density at radius 3 is 1.48 bits per heavy atom. The zero-order chi connectivity index (χ0) is 18.2. The number of rotatable bonds is 16. The monoisotopic (exact) mass is 348 g/mol. The zero-order valence-corrected chi connectivity index (χ0v) is 17.5. The van der Waals surface area contributed by atoms with Gasteiger partial charge >= 0.3 is 0 Å². The van der Waals surface area contributed by atoms with Crippen LogP contribution >= 0.6 is 0 Å². The Hall–Kier alpha value is -0.720. The smallest absolute Gasteiger partial charge is 0.103 e. The molecule has 0 bridgehead atoms. The molecular weight excluding hydrogens is 304 g/mol. The fourth-order valence-electron chi connectivity index (χ4n) is 3.53. The predicted octanol–water partition coefficient (Wildman–Crippen LogP) is 8.72. The molecule has 0 aromatic carbocycles. The summed E-state index contributed by atoms with van der Waals surface area (Å²) in [6, 6.07) is 4.08. The lowest BCUT2D eigenvalue weighted by molar-refractivity contribution is 0.356. The van der Waals surface area contributed by atoms with Crippen molar-refractivity contribution in [2.45, 2.75) is 124 Å². The second kappa shape index (κ2) is 14.4. The van der Waals surface area contributed by atoms with Crippen LogP contribution in [0.25, 0.3) is 0 Å². The Balaban J connectivity index is 1.69. The molecule has 0 saturated heterocycles. The minimum absolute atomic E-state index is 0.527. The molecule has 0 atom stereocenters. The molecule has 0 radical (unpaired) electrons. The molecule has 146 valence electrons. The SMILES string of the molecule is CC(C)(C)CCCCCCCCCCCCCCCCc1ccco1. The Bertz CT molecular complexity index is 371. The van der Waals surface area contributed by atoms with Gasteiger partial charge < -0.3 is 4.42 Å². The van der Waals surface area contributed by atoms with Crippen molar-refractivity contribution in [3.63, 3.8) is 0 Å². The third-order valence-corrected chi connectivity index (χ3v) is 5.18. The number of aryl methyl sites for hydroxylation is 1. The summed E-state index contributed by atoms with van der Waals surface area (Å²) in [5.41, 5.74) is 0.527. The summed E-state index contributed by atoms with van der Waals surface area (Å²) in [5.74, 6) is 1.15. The molecule has 0 amide bonds. The van der Waals surface area contributed by atoms with Gasteiger partial charge in [0.15, 0.2) is 0 Å². The van der Waals surface area contributed by atoms with E-state index in [1.807, 2.05) is 6.07 Å². The third kappa shape index (κ3) is 15.3. The van der Waals surface area contributed by atoms with Crippen molar-refractivity contribution in [1.29, 1.82) is 0 Å². The first kappa shape index (κ1) is 22.3. The van der Waals surface area contributed by atoms with Crippen molar-refractivity contribution in [3.8, 4) is 0 Å². The largest absolute Gasteiger partial charge is 0.469 e. The lowest BCUT2D eigenvalue weighted by Crippen LogP contribution is -2.03. The fraction of sp³-hybridized carbons (Fsp3) is 0.833. The van der Waals surface area contributed by atoms with E-state index in [-0.39, 0.29) is 0 Å². The lowest BCUT2D eigenvalue weighted by Gasteiger charge is -2.17. The van der Waals surface area contributed by atoms with Crippen LogP contribution < -0.4 is 0 Å². The molecule has 1 aromatic heterocycles. The average Bonchev–Trinajstić information content (AvgIpc) is 3.07. The van der Waals surface area contributed by atoms with Crippen molar-refractivity contribution >= 4 is 0 Å². The number of hydrogen-bond acceptors (Lipinski definition) is 1. The molecule has 1 rings (SSSR count). The Morgan fingerprint density at radius 1 is 0.640 bits per heavy atom. The van der Waals surface area contributed by atoms with Gasteiger partial charge in [0.2, 0.25) is 0 Å². The Morgan fingerprint density at radius 2 is 1.08 bits per heavy atom. The van der Waals surface area contributed by atoms with Crippen LogP contribution in [0.1, 0.15) is 123 Å². The first-order valence-electron chi connectivity index (χ1n) is 11.1. The van der Waals surface area contributed by atoms with E-state index in [1.165, 1.54) is 96.3 Å². The number of furan rings is 1. The van der Waals surface area contributed by atoms with Gasteiger partial charge in [-0.05, 0) is 30.4 Å². The van der Waals surface area contributed by atoms with Crippen molar-refractivity contribution in [2.75, 3.05) is 0 Å². The first-order valence-corrected chi connectivity index (χ1v) is 11.1. The molecule has 0 aliphatic carbocycles. The van der Waals surface area contributed by atoms with E-state index < -0.39 is 0 Å². The van der Waals surface area contributed by atoms with Gasteiger partial charge in [0.05, 0.1) is 6.26 Å². The highest BCUT2D eigenvalue weighted by atomic mass is 16.3. The van der Waals surface area contributed by atoms with E-state index in [0.717, 1.165) is 12.2 Å². The predicted molar refractivity (Wildman–Crippen MR) is 111 cm³/mol. The molecule has 25 heavy (non-hydrogen) atoms. The molecule has 1 nitrogen and oxygen atoms in total. The van der Waals surface area contributed by atoms with Crippen LogP contribution in [-0.2, 0) is 6.42 Å². The van der Waals surface area contributed by atoms with Gasteiger partial charge in [-0.2, -0.15) is 0 Å². The topological polar surface area (TPSA) is 13.1 Å².